The molecule has 4 aromatic rings. The molecule has 42 heavy (non-hydrogen) atoms. The maximum absolute atomic E-state index is 14.0. The quantitative estimate of drug-likeness (QED) is 0.238. The Hall–Kier alpha value is -4.19. The Morgan fingerprint density at radius 1 is 0.833 bits per heavy atom. The van der Waals surface area contributed by atoms with Crippen molar-refractivity contribution in [3.05, 3.63) is 114 Å². The zero-order valence-corrected chi connectivity index (χ0v) is 25.4. The molecule has 0 radical (unpaired) electrons. The fourth-order valence-electron chi connectivity index (χ4n) is 4.29. The van der Waals surface area contributed by atoms with Crippen molar-refractivity contribution in [2.24, 2.45) is 0 Å². The van der Waals surface area contributed by atoms with Crippen molar-refractivity contribution in [1.82, 2.24) is 4.72 Å². The summed E-state index contributed by atoms with van der Waals surface area (Å²) < 4.78 is 62.7. The van der Waals surface area contributed by atoms with Gasteiger partial charge in [0.05, 0.1) is 40.4 Å². The fourth-order valence-corrected chi connectivity index (χ4v) is 7.04. The molecule has 0 aliphatic carbocycles. The Morgan fingerprint density at radius 3 is 2.10 bits per heavy atom. The SMILES string of the molecule is COc1ccc(S(=O)(=O)NC(C)C)cc1NC(=O)c1ccccc1N(Cc1ccccc1)S(=O)(=O)c1ccc(C)cc1. The van der Waals surface area contributed by atoms with E-state index in [-0.39, 0.29) is 45.1 Å². The second kappa shape index (κ2) is 12.8. The van der Waals surface area contributed by atoms with E-state index in [1.807, 2.05) is 37.3 Å². The number of nitrogens with one attached hydrogen (secondary N) is 2. The number of sulfonamides is 2. The molecule has 0 unspecified atom stereocenters. The van der Waals surface area contributed by atoms with E-state index in [0.717, 1.165) is 11.1 Å². The molecule has 0 aromatic heterocycles. The number of anilines is 2. The summed E-state index contributed by atoms with van der Waals surface area (Å²) in [6.07, 6.45) is 0. The number of carbonyl (C=O) groups excluding carboxylic acids is 1. The minimum Gasteiger partial charge on any atom is -0.495 e. The Morgan fingerprint density at radius 2 is 1.45 bits per heavy atom. The summed E-state index contributed by atoms with van der Waals surface area (Å²) >= 11 is 0. The predicted octanol–water partition coefficient (Wildman–Crippen LogP) is 5.34. The highest BCUT2D eigenvalue weighted by atomic mass is 32.2. The second-order valence-electron chi connectivity index (χ2n) is 9.92. The molecular weight excluding hydrogens is 574 g/mol. The van der Waals surface area contributed by atoms with Crippen LogP contribution >= 0.6 is 0 Å². The maximum Gasteiger partial charge on any atom is 0.264 e. The number of para-hydroxylation sites is 1. The lowest BCUT2D eigenvalue weighted by Gasteiger charge is -2.27. The Bertz CT molecular complexity index is 1770. The Kier molecular flexibility index (Phi) is 9.35. The topological polar surface area (TPSA) is 122 Å². The van der Waals surface area contributed by atoms with Crippen LogP contribution in [-0.4, -0.2) is 35.9 Å². The Balaban J connectivity index is 1.78. The number of ether oxygens (including phenoxy) is 1. The summed E-state index contributed by atoms with van der Waals surface area (Å²) in [5.74, 6) is -0.412. The van der Waals surface area contributed by atoms with E-state index in [9.17, 15) is 21.6 Å². The van der Waals surface area contributed by atoms with Gasteiger partial charge in [-0.05, 0) is 68.8 Å². The van der Waals surface area contributed by atoms with Crippen LogP contribution in [0.5, 0.6) is 5.75 Å². The second-order valence-corrected chi connectivity index (χ2v) is 13.5. The third kappa shape index (κ3) is 6.99. The van der Waals surface area contributed by atoms with Crippen molar-refractivity contribution in [2.75, 3.05) is 16.7 Å². The summed E-state index contributed by atoms with van der Waals surface area (Å²) in [5, 5.41) is 2.72. The van der Waals surface area contributed by atoms with Crippen molar-refractivity contribution in [2.45, 2.75) is 43.1 Å². The number of hydrogen-bond acceptors (Lipinski definition) is 6. The van der Waals surface area contributed by atoms with Gasteiger partial charge < -0.3 is 10.1 Å². The highest BCUT2D eigenvalue weighted by Gasteiger charge is 2.29. The van der Waals surface area contributed by atoms with Crippen molar-refractivity contribution >= 4 is 37.3 Å². The molecule has 0 bridgehead atoms. The lowest BCUT2D eigenvalue weighted by atomic mass is 10.1. The molecule has 220 valence electrons. The van der Waals surface area contributed by atoms with Gasteiger partial charge in [-0.25, -0.2) is 21.6 Å². The summed E-state index contributed by atoms with van der Waals surface area (Å²) in [4.78, 5) is 13.8. The fraction of sp³-hybridized carbons (Fsp3) is 0.194. The van der Waals surface area contributed by atoms with Gasteiger partial charge in [0.25, 0.3) is 15.9 Å². The lowest BCUT2D eigenvalue weighted by Crippen LogP contribution is -2.32. The molecule has 9 nitrogen and oxygen atoms in total. The molecule has 0 saturated carbocycles. The minimum absolute atomic E-state index is 0.0285. The number of hydrogen-bond donors (Lipinski definition) is 2. The monoisotopic (exact) mass is 607 g/mol. The molecular formula is C31H33N3O6S2. The van der Waals surface area contributed by atoms with Crippen molar-refractivity contribution < 1.29 is 26.4 Å². The van der Waals surface area contributed by atoms with Crippen molar-refractivity contribution in [3.8, 4) is 5.75 Å². The summed E-state index contributed by atoms with van der Waals surface area (Å²) in [6, 6.07) is 25.7. The van der Waals surface area contributed by atoms with Gasteiger partial charge in [-0.1, -0.05) is 60.2 Å². The van der Waals surface area contributed by atoms with E-state index in [2.05, 4.69) is 10.0 Å². The minimum atomic E-state index is -4.11. The average molecular weight is 608 g/mol. The molecule has 4 aromatic carbocycles. The van der Waals surface area contributed by atoms with Crippen LogP contribution in [0.3, 0.4) is 0 Å². The molecule has 0 aliphatic rings. The van der Waals surface area contributed by atoms with Crippen LogP contribution in [0.15, 0.2) is 107 Å². The first-order chi connectivity index (χ1) is 19.9. The van der Waals surface area contributed by atoms with Crippen LogP contribution < -0.4 is 19.1 Å². The first-order valence-electron chi connectivity index (χ1n) is 13.2. The normalized spacial score (nSPS) is 11.7. The molecule has 0 saturated heterocycles. The van der Waals surface area contributed by atoms with E-state index in [1.165, 1.54) is 47.8 Å². The van der Waals surface area contributed by atoms with Gasteiger partial charge in [-0.3, -0.25) is 9.10 Å². The summed E-state index contributed by atoms with van der Waals surface area (Å²) in [6.45, 7) is 5.24. The van der Waals surface area contributed by atoms with E-state index < -0.39 is 26.0 Å². The average Bonchev–Trinajstić information content (AvgIpc) is 2.96. The Labute approximate surface area is 247 Å². The summed E-state index contributed by atoms with van der Waals surface area (Å²) in [7, 11) is -6.57. The zero-order valence-electron chi connectivity index (χ0n) is 23.7. The van der Waals surface area contributed by atoms with Gasteiger partial charge in [0.2, 0.25) is 10.0 Å². The predicted molar refractivity (Wildman–Crippen MR) is 164 cm³/mol. The van der Waals surface area contributed by atoms with Gasteiger partial charge in [0.15, 0.2) is 0 Å². The van der Waals surface area contributed by atoms with E-state index >= 15 is 0 Å². The lowest BCUT2D eigenvalue weighted by molar-refractivity contribution is 0.102. The first-order valence-corrected chi connectivity index (χ1v) is 16.1. The number of benzene rings is 4. The van der Waals surface area contributed by atoms with E-state index in [1.54, 1.807) is 44.2 Å². The molecule has 0 aliphatic heterocycles. The van der Waals surface area contributed by atoms with Gasteiger partial charge in [0.1, 0.15) is 5.75 Å². The van der Waals surface area contributed by atoms with Crippen LogP contribution in [0.1, 0.15) is 35.3 Å². The number of amides is 1. The van der Waals surface area contributed by atoms with Crippen LogP contribution in [0.4, 0.5) is 11.4 Å². The molecule has 0 fully saturated rings. The van der Waals surface area contributed by atoms with Crippen LogP contribution in [0.2, 0.25) is 0 Å². The molecule has 2 N–H and O–H groups in total. The largest absolute Gasteiger partial charge is 0.495 e. The van der Waals surface area contributed by atoms with Gasteiger partial charge in [-0.2, -0.15) is 0 Å². The number of methoxy groups -OCH3 is 1. The highest BCUT2D eigenvalue weighted by molar-refractivity contribution is 7.92. The third-order valence-corrected chi connectivity index (χ3v) is 9.75. The van der Waals surface area contributed by atoms with Gasteiger partial charge in [0, 0.05) is 6.04 Å². The standard InChI is InChI=1S/C31H33N3O6S2/c1-22(2)33-41(36,37)26-18-19-30(40-4)28(20-26)32-31(35)27-12-8-9-13-29(27)34(21-24-10-6-5-7-11-24)42(38,39)25-16-14-23(3)15-17-25/h5-20,22,33H,21H2,1-4H3,(H,32,35). The molecule has 0 spiro atoms. The number of rotatable bonds is 11. The van der Waals surface area contributed by atoms with E-state index in [4.69, 9.17) is 4.74 Å². The molecule has 4 rings (SSSR count). The number of nitrogens with zero attached hydrogens (tertiary/aromatic N) is 1. The van der Waals surface area contributed by atoms with Crippen molar-refractivity contribution in [1.29, 1.82) is 0 Å². The number of aryl methyl sites for hydroxylation is 1. The molecule has 0 heterocycles. The molecule has 0 atom stereocenters. The van der Waals surface area contributed by atoms with Crippen LogP contribution in [0, 0.1) is 6.92 Å². The van der Waals surface area contributed by atoms with Crippen LogP contribution in [0.25, 0.3) is 0 Å². The van der Waals surface area contributed by atoms with Gasteiger partial charge >= 0.3 is 0 Å². The highest BCUT2D eigenvalue weighted by Crippen LogP contribution is 2.32. The smallest absolute Gasteiger partial charge is 0.264 e. The first kappa shape index (κ1) is 30.8. The molecule has 11 heteroatoms. The number of carbonyl (C=O) groups is 1. The third-order valence-electron chi connectivity index (χ3n) is 6.32. The van der Waals surface area contributed by atoms with Crippen molar-refractivity contribution in [3.63, 3.8) is 0 Å². The van der Waals surface area contributed by atoms with Crippen LogP contribution in [-0.2, 0) is 26.6 Å². The summed E-state index contributed by atoms with van der Waals surface area (Å²) in [5.41, 5.74) is 1.97. The molecule has 1 amide bonds. The van der Waals surface area contributed by atoms with E-state index in [0.29, 0.717) is 0 Å². The zero-order chi connectivity index (χ0) is 30.5. The van der Waals surface area contributed by atoms with Gasteiger partial charge in [-0.15, -0.1) is 0 Å². The maximum atomic E-state index is 14.0.